The second kappa shape index (κ2) is 11.5. The summed E-state index contributed by atoms with van der Waals surface area (Å²) in [6.07, 6.45) is 0.823. The molecule has 0 aromatic heterocycles. The second-order valence-electron chi connectivity index (χ2n) is 12.0. The van der Waals surface area contributed by atoms with Gasteiger partial charge in [-0.1, -0.05) is 32.9 Å². The highest BCUT2D eigenvalue weighted by Crippen LogP contribution is 2.36. The van der Waals surface area contributed by atoms with E-state index >= 15 is 0 Å². The number of carbonyl (C=O) groups excluding carboxylic acids is 1. The minimum Gasteiger partial charge on any atom is -0.398 e. The minimum absolute atomic E-state index is 0.0476. The van der Waals surface area contributed by atoms with E-state index < -0.39 is 11.7 Å². The van der Waals surface area contributed by atoms with Crippen molar-refractivity contribution < 1.29 is 18.0 Å². The van der Waals surface area contributed by atoms with E-state index in [1.807, 2.05) is 0 Å². The molecular weight excluding hydrogens is 489 g/mol. The fourth-order valence-electron chi connectivity index (χ4n) is 5.60. The SMILES string of the molecule is CC(C)(C)c1ccc(N2CCC(C(=O)NCC3CCC(Nc4ccc(N)c(C(F)(F)F)c4)CC3)CC2)cc1. The number of halogens is 3. The summed E-state index contributed by atoms with van der Waals surface area (Å²) in [5.41, 5.74) is 7.56. The molecule has 1 aliphatic carbocycles. The molecule has 4 rings (SSSR count). The average Bonchev–Trinajstić information content (AvgIpc) is 2.88. The molecule has 1 heterocycles. The Balaban J connectivity index is 1.17. The molecule has 1 aliphatic heterocycles. The van der Waals surface area contributed by atoms with Crippen molar-refractivity contribution in [2.24, 2.45) is 11.8 Å². The predicted molar refractivity (Wildman–Crippen MR) is 148 cm³/mol. The van der Waals surface area contributed by atoms with E-state index in [-0.39, 0.29) is 29.0 Å². The lowest BCUT2D eigenvalue weighted by molar-refractivity contribution is -0.136. The van der Waals surface area contributed by atoms with E-state index in [0.29, 0.717) is 18.2 Å². The number of alkyl halides is 3. The van der Waals surface area contributed by atoms with Gasteiger partial charge < -0.3 is 21.3 Å². The number of nitrogen functional groups attached to an aromatic ring is 1. The normalized spacial score (nSPS) is 21.3. The molecule has 38 heavy (non-hydrogen) atoms. The van der Waals surface area contributed by atoms with Gasteiger partial charge in [0.2, 0.25) is 5.91 Å². The zero-order valence-electron chi connectivity index (χ0n) is 22.7. The van der Waals surface area contributed by atoms with Gasteiger partial charge in [0.25, 0.3) is 0 Å². The zero-order chi connectivity index (χ0) is 27.5. The summed E-state index contributed by atoms with van der Waals surface area (Å²) >= 11 is 0. The van der Waals surface area contributed by atoms with Crippen molar-refractivity contribution in [3.8, 4) is 0 Å². The van der Waals surface area contributed by atoms with Crippen LogP contribution in [-0.4, -0.2) is 31.6 Å². The van der Waals surface area contributed by atoms with Crippen molar-refractivity contribution in [2.75, 3.05) is 35.6 Å². The summed E-state index contributed by atoms with van der Waals surface area (Å²) in [4.78, 5) is 15.2. The molecule has 0 bridgehead atoms. The first-order chi connectivity index (χ1) is 17.9. The molecule has 8 heteroatoms. The summed E-state index contributed by atoms with van der Waals surface area (Å²) in [7, 11) is 0. The van der Waals surface area contributed by atoms with Crippen molar-refractivity contribution in [1.82, 2.24) is 5.32 Å². The molecular formula is C30H41F3N4O. The number of carbonyl (C=O) groups is 1. The van der Waals surface area contributed by atoms with Crippen molar-refractivity contribution >= 4 is 23.0 Å². The largest absolute Gasteiger partial charge is 0.418 e. The monoisotopic (exact) mass is 530 g/mol. The maximum absolute atomic E-state index is 13.1. The van der Waals surface area contributed by atoms with E-state index in [1.54, 1.807) is 6.07 Å². The van der Waals surface area contributed by atoms with Gasteiger partial charge in [-0.2, -0.15) is 13.2 Å². The number of anilines is 3. The van der Waals surface area contributed by atoms with Gasteiger partial charge in [0.15, 0.2) is 0 Å². The van der Waals surface area contributed by atoms with Crippen LogP contribution in [-0.2, 0) is 16.4 Å². The quantitative estimate of drug-likeness (QED) is 0.369. The molecule has 4 N–H and O–H groups in total. The molecule has 1 saturated carbocycles. The third-order valence-corrected chi connectivity index (χ3v) is 8.11. The molecule has 1 amide bonds. The van der Waals surface area contributed by atoms with Crippen LogP contribution in [0.25, 0.3) is 0 Å². The molecule has 2 aromatic carbocycles. The van der Waals surface area contributed by atoms with Crippen LogP contribution in [0, 0.1) is 11.8 Å². The summed E-state index contributed by atoms with van der Waals surface area (Å²) < 4.78 is 39.4. The number of nitrogens with one attached hydrogen (secondary N) is 2. The van der Waals surface area contributed by atoms with Crippen LogP contribution in [0.2, 0.25) is 0 Å². The highest BCUT2D eigenvalue weighted by molar-refractivity contribution is 5.79. The van der Waals surface area contributed by atoms with Crippen LogP contribution in [0.1, 0.15) is 70.4 Å². The number of amides is 1. The highest BCUT2D eigenvalue weighted by Gasteiger charge is 2.33. The first-order valence-corrected chi connectivity index (χ1v) is 13.8. The lowest BCUT2D eigenvalue weighted by atomic mass is 9.85. The Morgan fingerprint density at radius 2 is 1.58 bits per heavy atom. The van der Waals surface area contributed by atoms with Gasteiger partial charge in [-0.15, -0.1) is 0 Å². The Labute approximate surface area is 224 Å². The number of rotatable bonds is 6. The van der Waals surface area contributed by atoms with E-state index in [0.717, 1.165) is 57.7 Å². The van der Waals surface area contributed by atoms with Gasteiger partial charge in [-0.05, 0) is 85.8 Å². The fourth-order valence-corrected chi connectivity index (χ4v) is 5.60. The van der Waals surface area contributed by atoms with Crippen LogP contribution in [0.5, 0.6) is 0 Å². The standard InChI is InChI=1S/C30H41F3N4O/c1-29(2,3)22-6-11-25(12-7-22)37-16-14-21(15-17-37)28(38)35-19-20-4-8-23(9-5-20)36-24-10-13-27(34)26(18-24)30(31,32)33/h6-7,10-13,18,20-21,23,36H,4-5,8-9,14-17,19,34H2,1-3H3,(H,35,38). The number of hydrogen-bond acceptors (Lipinski definition) is 4. The number of nitrogens with two attached hydrogens (primary N) is 1. The summed E-state index contributed by atoms with van der Waals surface area (Å²) in [5, 5.41) is 6.42. The van der Waals surface area contributed by atoms with Gasteiger partial charge in [0.1, 0.15) is 0 Å². The van der Waals surface area contributed by atoms with Crippen LogP contribution < -0.4 is 21.3 Å². The predicted octanol–water partition coefficient (Wildman–Crippen LogP) is 6.59. The Bertz CT molecular complexity index is 1080. The fraction of sp³-hybridized carbons (Fsp3) is 0.567. The zero-order valence-corrected chi connectivity index (χ0v) is 22.7. The van der Waals surface area contributed by atoms with Gasteiger partial charge in [0.05, 0.1) is 5.56 Å². The van der Waals surface area contributed by atoms with Crippen LogP contribution in [0.4, 0.5) is 30.2 Å². The van der Waals surface area contributed by atoms with E-state index in [2.05, 4.69) is 60.6 Å². The van der Waals surface area contributed by atoms with E-state index in [9.17, 15) is 18.0 Å². The molecule has 1 saturated heterocycles. The maximum atomic E-state index is 13.1. The second-order valence-corrected chi connectivity index (χ2v) is 12.0. The molecule has 208 valence electrons. The Hall–Kier alpha value is -2.90. The molecule has 0 radical (unpaired) electrons. The van der Waals surface area contributed by atoms with Crippen LogP contribution in [0.3, 0.4) is 0 Å². The summed E-state index contributed by atoms with van der Waals surface area (Å²) in [5.74, 6) is 0.594. The van der Waals surface area contributed by atoms with Crippen molar-refractivity contribution in [3.05, 3.63) is 53.6 Å². The minimum atomic E-state index is -4.47. The number of benzene rings is 2. The van der Waals surface area contributed by atoms with Gasteiger partial charge >= 0.3 is 6.18 Å². The van der Waals surface area contributed by atoms with Gasteiger partial charge in [0, 0.05) is 48.7 Å². The average molecular weight is 531 g/mol. The number of nitrogens with zero attached hydrogens (tertiary/aromatic N) is 1. The number of hydrogen-bond donors (Lipinski definition) is 3. The third-order valence-electron chi connectivity index (χ3n) is 8.11. The lowest BCUT2D eigenvalue weighted by Crippen LogP contribution is -2.42. The molecule has 5 nitrogen and oxygen atoms in total. The molecule has 2 aromatic rings. The summed E-state index contributed by atoms with van der Waals surface area (Å²) in [6.45, 7) is 9.07. The van der Waals surface area contributed by atoms with Crippen molar-refractivity contribution in [1.29, 1.82) is 0 Å². The highest BCUT2D eigenvalue weighted by atomic mass is 19.4. The molecule has 0 unspecified atom stereocenters. The van der Waals surface area contributed by atoms with Crippen LogP contribution in [0.15, 0.2) is 42.5 Å². The molecule has 2 aliphatic rings. The molecule has 2 fully saturated rings. The Kier molecular flexibility index (Phi) is 8.48. The number of piperidine rings is 1. The molecule has 0 atom stereocenters. The first kappa shape index (κ1) is 28.1. The Morgan fingerprint density at radius 3 is 2.16 bits per heavy atom. The van der Waals surface area contributed by atoms with E-state index in [4.69, 9.17) is 5.73 Å². The van der Waals surface area contributed by atoms with Crippen LogP contribution >= 0.6 is 0 Å². The Morgan fingerprint density at radius 1 is 0.947 bits per heavy atom. The third kappa shape index (κ3) is 7.14. The molecule has 0 spiro atoms. The maximum Gasteiger partial charge on any atom is 0.418 e. The first-order valence-electron chi connectivity index (χ1n) is 13.8. The van der Waals surface area contributed by atoms with Crippen molar-refractivity contribution in [2.45, 2.75) is 76.9 Å². The van der Waals surface area contributed by atoms with E-state index in [1.165, 1.54) is 17.3 Å². The van der Waals surface area contributed by atoms with Crippen molar-refractivity contribution in [3.63, 3.8) is 0 Å². The summed E-state index contributed by atoms with van der Waals surface area (Å²) in [6, 6.07) is 12.9. The smallest absolute Gasteiger partial charge is 0.398 e. The lowest BCUT2D eigenvalue weighted by Gasteiger charge is -2.34. The topological polar surface area (TPSA) is 70.4 Å². The van der Waals surface area contributed by atoms with Gasteiger partial charge in [-0.25, -0.2) is 0 Å². The van der Waals surface area contributed by atoms with Gasteiger partial charge in [-0.3, -0.25) is 4.79 Å².